The van der Waals surface area contributed by atoms with Crippen molar-refractivity contribution in [3.63, 3.8) is 0 Å². The number of aromatic nitrogens is 2. The molecule has 2 N–H and O–H groups in total. The lowest BCUT2D eigenvalue weighted by molar-refractivity contribution is 0.414. The lowest BCUT2D eigenvalue weighted by Gasteiger charge is -2.13. The van der Waals surface area contributed by atoms with Crippen LogP contribution in [0, 0.1) is 6.92 Å². The number of imidazole rings is 1. The molecule has 0 aliphatic rings. The van der Waals surface area contributed by atoms with Gasteiger partial charge >= 0.3 is 0 Å². The summed E-state index contributed by atoms with van der Waals surface area (Å²) in [5, 5.41) is 6.71. The molecule has 1 heterocycles. The third kappa shape index (κ3) is 5.36. The van der Waals surface area contributed by atoms with Crippen molar-refractivity contribution in [1.82, 2.24) is 20.2 Å². The Bertz CT molecular complexity index is 915. The van der Waals surface area contributed by atoms with Crippen molar-refractivity contribution in [3.8, 4) is 5.75 Å². The summed E-state index contributed by atoms with van der Waals surface area (Å²) in [5.41, 5.74) is 3.63. The Balaban J connectivity index is 1.53. The zero-order valence-electron chi connectivity index (χ0n) is 16.6. The smallest absolute Gasteiger partial charge is 0.191 e. The van der Waals surface area contributed by atoms with Crippen LogP contribution in [0.25, 0.3) is 0 Å². The molecule has 0 radical (unpaired) electrons. The fourth-order valence-corrected chi connectivity index (χ4v) is 2.94. The maximum atomic E-state index is 5.19. The number of benzene rings is 2. The van der Waals surface area contributed by atoms with Gasteiger partial charge in [0.2, 0.25) is 0 Å². The van der Waals surface area contributed by atoms with Gasteiger partial charge in [0.25, 0.3) is 0 Å². The zero-order valence-corrected chi connectivity index (χ0v) is 16.6. The molecule has 0 bridgehead atoms. The molecule has 6 heteroatoms. The SMILES string of the molecule is CN=C(NCc1ccc(OC)cc1)NCc1cccc(Cn2ccnc2C)c1. The highest BCUT2D eigenvalue weighted by Crippen LogP contribution is 2.11. The molecule has 0 aliphatic heterocycles. The Hall–Kier alpha value is -3.28. The summed E-state index contributed by atoms with van der Waals surface area (Å²) in [4.78, 5) is 8.58. The zero-order chi connectivity index (χ0) is 19.8. The first-order chi connectivity index (χ1) is 13.7. The van der Waals surface area contributed by atoms with Gasteiger partial charge in [-0.15, -0.1) is 0 Å². The van der Waals surface area contributed by atoms with E-state index in [1.165, 1.54) is 16.7 Å². The number of hydrogen-bond acceptors (Lipinski definition) is 3. The molecule has 6 nitrogen and oxygen atoms in total. The number of rotatable bonds is 7. The lowest BCUT2D eigenvalue weighted by atomic mass is 10.1. The second-order valence-electron chi connectivity index (χ2n) is 6.55. The summed E-state index contributed by atoms with van der Waals surface area (Å²) >= 11 is 0. The van der Waals surface area contributed by atoms with Crippen molar-refractivity contribution in [2.24, 2.45) is 4.99 Å². The maximum absolute atomic E-state index is 5.19. The van der Waals surface area contributed by atoms with Crippen LogP contribution in [0.2, 0.25) is 0 Å². The van der Waals surface area contributed by atoms with Gasteiger partial charge < -0.3 is 19.9 Å². The molecule has 0 amide bonds. The molecule has 0 spiro atoms. The molecule has 0 saturated carbocycles. The van der Waals surface area contributed by atoms with Crippen LogP contribution in [-0.2, 0) is 19.6 Å². The van der Waals surface area contributed by atoms with Crippen LogP contribution in [0.1, 0.15) is 22.5 Å². The molecular weight excluding hydrogens is 350 g/mol. The van der Waals surface area contributed by atoms with Crippen molar-refractivity contribution >= 4 is 5.96 Å². The van der Waals surface area contributed by atoms with Gasteiger partial charge in [-0.3, -0.25) is 4.99 Å². The van der Waals surface area contributed by atoms with Crippen molar-refractivity contribution in [2.75, 3.05) is 14.2 Å². The Morgan fingerprint density at radius 2 is 1.75 bits per heavy atom. The Morgan fingerprint density at radius 1 is 1.04 bits per heavy atom. The lowest BCUT2D eigenvalue weighted by Crippen LogP contribution is -2.36. The minimum Gasteiger partial charge on any atom is -0.497 e. The third-order valence-corrected chi connectivity index (χ3v) is 4.57. The summed E-state index contributed by atoms with van der Waals surface area (Å²) in [6, 6.07) is 16.6. The number of aryl methyl sites for hydroxylation is 1. The number of guanidine groups is 1. The summed E-state index contributed by atoms with van der Waals surface area (Å²) in [6.45, 7) is 4.25. The monoisotopic (exact) mass is 377 g/mol. The molecule has 2 aromatic carbocycles. The molecule has 3 aromatic rings. The average molecular weight is 377 g/mol. The van der Waals surface area contributed by atoms with E-state index >= 15 is 0 Å². The Labute approximate surface area is 166 Å². The van der Waals surface area contributed by atoms with E-state index in [1.54, 1.807) is 14.2 Å². The summed E-state index contributed by atoms with van der Waals surface area (Å²) in [5.74, 6) is 2.65. The maximum Gasteiger partial charge on any atom is 0.191 e. The molecule has 0 saturated heterocycles. The van der Waals surface area contributed by atoms with Crippen molar-refractivity contribution in [1.29, 1.82) is 0 Å². The summed E-state index contributed by atoms with van der Waals surface area (Å²) in [6.07, 6.45) is 3.84. The van der Waals surface area contributed by atoms with Crippen LogP contribution >= 0.6 is 0 Å². The molecular formula is C22H27N5O. The van der Waals surface area contributed by atoms with Gasteiger partial charge in [-0.2, -0.15) is 0 Å². The van der Waals surface area contributed by atoms with E-state index in [2.05, 4.69) is 49.4 Å². The molecule has 0 fully saturated rings. The third-order valence-electron chi connectivity index (χ3n) is 4.57. The largest absolute Gasteiger partial charge is 0.497 e. The quantitative estimate of drug-likeness (QED) is 0.491. The first-order valence-corrected chi connectivity index (χ1v) is 9.31. The predicted octanol–water partition coefficient (Wildman–Crippen LogP) is 3.11. The molecule has 0 atom stereocenters. The minimum absolute atomic E-state index is 0.698. The van der Waals surface area contributed by atoms with Crippen molar-refractivity contribution in [3.05, 3.63) is 83.4 Å². The van der Waals surface area contributed by atoms with Crippen molar-refractivity contribution < 1.29 is 4.74 Å². The van der Waals surface area contributed by atoms with Crippen LogP contribution in [0.3, 0.4) is 0 Å². The minimum atomic E-state index is 0.698. The van der Waals surface area contributed by atoms with Gasteiger partial charge in [-0.1, -0.05) is 36.4 Å². The van der Waals surface area contributed by atoms with Crippen molar-refractivity contribution in [2.45, 2.75) is 26.6 Å². The highest BCUT2D eigenvalue weighted by molar-refractivity contribution is 5.79. The highest BCUT2D eigenvalue weighted by atomic mass is 16.5. The summed E-state index contributed by atoms with van der Waals surface area (Å²) < 4.78 is 7.33. The first kappa shape index (κ1) is 19.5. The molecule has 0 aliphatic carbocycles. The fourth-order valence-electron chi connectivity index (χ4n) is 2.94. The molecule has 146 valence electrons. The molecule has 3 rings (SSSR count). The number of nitrogens with zero attached hydrogens (tertiary/aromatic N) is 3. The van der Waals surface area contributed by atoms with Crippen LogP contribution < -0.4 is 15.4 Å². The number of hydrogen-bond donors (Lipinski definition) is 2. The number of methoxy groups -OCH3 is 1. The van der Waals surface area contributed by atoms with E-state index in [0.717, 1.165) is 24.1 Å². The highest BCUT2D eigenvalue weighted by Gasteiger charge is 2.03. The van der Waals surface area contributed by atoms with Gasteiger partial charge in [-0.25, -0.2) is 4.98 Å². The van der Waals surface area contributed by atoms with Crippen LogP contribution in [0.15, 0.2) is 65.9 Å². The summed E-state index contributed by atoms with van der Waals surface area (Å²) in [7, 11) is 3.45. The van der Waals surface area contributed by atoms with Crippen LogP contribution in [0.5, 0.6) is 5.75 Å². The first-order valence-electron chi connectivity index (χ1n) is 9.31. The molecule has 28 heavy (non-hydrogen) atoms. The number of nitrogens with one attached hydrogen (secondary N) is 2. The van der Waals surface area contributed by atoms with E-state index in [-0.39, 0.29) is 0 Å². The van der Waals surface area contributed by atoms with Crippen LogP contribution in [-0.4, -0.2) is 29.7 Å². The van der Waals surface area contributed by atoms with Crippen LogP contribution in [0.4, 0.5) is 0 Å². The van der Waals surface area contributed by atoms with E-state index in [9.17, 15) is 0 Å². The molecule has 0 unspecified atom stereocenters. The standard InChI is InChI=1S/C22H27N5O/c1-17-24-11-12-27(17)16-20-6-4-5-19(13-20)15-26-22(23-2)25-14-18-7-9-21(28-3)10-8-18/h4-13H,14-16H2,1-3H3,(H2,23,25,26). The molecule has 1 aromatic heterocycles. The fraction of sp³-hybridized carbons (Fsp3) is 0.273. The predicted molar refractivity (Wildman–Crippen MR) is 113 cm³/mol. The van der Waals surface area contributed by atoms with Gasteiger partial charge in [0.1, 0.15) is 11.6 Å². The normalized spacial score (nSPS) is 11.3. The Morgan fingerprint density at radius 3 is 2.39 bits per heavy atom. The van der Waals surface area contributed by atoms with E-state index in [1.807, 2.05) is 43.6 Å². The van der Waals surface area contributed by atoms with E-state index in [4.69, 9.17) is 4.74 Å². The van der Waals surface area contributed by atoms with Gasteiger partial charge in [0.15, 0.2) is 5.96 Å². The Kier molecular flexibility index (Phi) is 6.68. The average Bonchev–Trinajstić information content (AvgIpc) is 3.13. The van der Waals surface area contributed by atoms with Gasteiger partial charge in [0.05, 0.1) is 7.11 Å². The number of ether oxygens (including phenoxy) is 1. The van der Waals surface area contributed by atoms with Gasteiger partial charge in [0, 0.05) is 39.1 Å². The topological polar surface area (TPSA) is 63.5 Å². The second kappa shape index (κ2) is 9.60. The van der Waals surface area contributed by atoms with E-state index < -0.39 is 0 Å². The number of aliphatic imine (C=N–C) groups is 1. The second-order valence-corrected chi connectivity index (χ2v) is 6.55. The van der Waals surface area contributed by atoms with E-state index in [0.29, 0.717) is 13.1 Å². The van der Waals surface area contributed by atoms with Gasteiger partial charge in [-0.05, 0) is 35.7 Å².